The highest BCUT2D eigenvalue weighted by Gasteiger charge is 2.33. The molecule has 0 N–H and O–H groups in total. The average molecular weight is 231 g/mol. The van der Waals surface area contributed by atoms with Gasteiger partial charge in [-0.3, -0.25) is 4.79 Å². The third kappa shape index (κ3) is 1.89. The molecule has 0 aromatic carbocycles. The number of nitrogens with zero attached hydrogens (tertiary/aromatic N) is 2. The summed E-state index contributed by atoms with van der Waals surface area (Å²) in [5.74, 6) is 0.751. The largest absolute Gasteiger partial charge is 0.364 e. The molecule has 1 aromatic heterocycles. The first kappa shape index (κ1) is 9.89. The van der Waals surface area contributed by atoms with Gasteiger partial charge in [-0.25, -0.2) is 9.97 Å². The summed E-state index contributed by atoms with van der Waals surface area (Å²) in [6.45, 7) is 0.462. The van der Waals surface area contributed by atoms with Crippen molar-refractivity contribution in [2.45, 2.75) is 11.9 Å². The van der Waals surface area contributed by atoms with Crippen molar-refractivity contribution in [3.05, 3.63) is 22.7 Å². The lowest BCUT2D eigenvalue weighted by Crippen LogP contribution is -2.10. The van der Waals surface area contributed by atoms with E-state index in [1.54, 1.807) is 0 Å². The number of halogens is 1. The first-order valence-electron chi connectivity index (χ1n) is 4.00. The second-order valence-electron chi connectivity index (χ2n) is 2.84. The van der Waals surface area contributed by atoms with Crippen molar-refractivity contribution >= 4 is 30.0 Å². The number of hydrogen-bond acceptors (Lipinski definition) is 5. The molecule has 2 rings (SSSR count). The molecule has 1 fully saturated rings. The van der Waals surface area contributed by atoms with Crippen LogP contribution in [0, 0.1) is 0 Å². The minimum Gasteiger partial charge on any atom is -0.364 e. The molecule has 0 amide bonds. The Morgan fingerprint density at radius 2 is 2.50 bits per heavy atom. The van der Waals surface area contributed by atoms with E-state index in [9.17, 15) is 4.79 Å². The molecule has 1 aliphatic rings. The zero-order chi connectivity index (χ0) is 10.1. The molecular formula is C8H7ClN2O2S. The van der Waals surface area contributed by atoms with E-state index < -0.39 is 0 Å². The molecular weight excluding hydrogens is 224 g/mol. The highest BCUT2D eigenvalue weighted by atomic mass is 35.5. The molecule has 0 radical (unpaired) electrons. The van der Waals surface area contributed by atoms with E-state index in [1.165, 1.54) is 6.20 Å². The van der Waals surface area contributed by atoms with Crippen LogP contribution in [0.15, 0.2) is 6.20 Å². The molecule has 0 spiro atoms. The molecule has 1 aromatic rings. The third-order valence-corrected chi connectivity index (χ3v) is 2.40. The quantitative estimate of drug-likeness (QED) is 0.366. The zero-order valence-corrected chi connectivity index (χ0v) is 8.76. The lowest BCUT2D eigenvalue weighted by molar-refractivity contribution is 0.0953. The number of aromatic nitrogens is 2. The van der Waals surface area contributed by atoms with E-state index in [0.717, 1.165) is 0 Å². The molecule has 1 atom stereocenters. The van der Waals surface area contributed by atoms with Crippen molar-refractivity contribution in [3.63, 3.8) is 0 Å². The number of ether oxygens (including phenoxy) is 1. The average Bonchev–Trinajstić information content (AvgIpc) is 3.00. The second kappa shape index (κ2) is 3.84. The smallest absolute Gasteiger partial charge is 0.198 e. The molecule has 6 heteroatoms. The monoisotopic (exact) mass is 230 g/mol. The van der Waals surface area contributed by atoms with Gasteiger partial charge in [0.25, 0.3) is 0 Å². The van der Waals surface area contributed by atoms with E-state index >= 15 is 0 Å². The van der Waals surface area contributed by atoms with E-state index in [2.05, 4.69) is 22.6 Å². The number of carbonyl (C=O) groups is 1. The molecule has 0 aliphatic carbocycles. The van der Waals surface area contributed by atoms with Crippen LogP contribution in [-0.2, 0) is 10.5 Å². The van der Waals surface area contributed by atoms with Gasteiger partial charge in [0, 0.05) is 6.20 Å². The van der Waals surface area contributed by atoms with Crippen molar-refractivity contribution in [3.8, 4) is 0 Å². The molecule has 0 saturated carbocycles. The Balaban J connectivity index is 2.29. The maximum Gasteiger partial charge on any atom is 0.198 e. The van der Waals surface area contributed by atoms with E-state index in [0.29, 0.717) is 23.7 Å². The first-order chi connectivity index (χ1) is 6.72. The van der Waals surface area contributed by atoms with Gasteiger partial charge in [0.15, 0.2) is 5.78 Å². The number of hydrogen-bond donors (Lipinski definition) is 1. The fourth-order valence-electron chi connectivity index (χ4n) is 1.01. The first-order valence-corrected chi connectivity index (χ1v) is 5.01. The van der Waals surface area contributed by atoms with Crippen LogP contribution in [0.25, 0.3) is 0 Å². The Labute approximate surface area is 91.1 Å². The highest BCUT2D eigenvalue weighted by Crippen LogP contribution is 2.20. The standard InChI is InChI=1S/C8H7ClN2O2S/c9-8-4(7(12)5-2-13-5)1-10-6(3-14)11-8/h1,5,14H,2-3H2. The maximum absolute atomic E-state index is 11.5. The van der Waals surface area contributed by atoms with Gasteiger partial charge in [0.2, 0.25) is 0 Å². The number of ketones is 1. The van der Waals surface area contributed by atoms with Gasteiger partial charge in [0.05, 0.1) is 17.9 Å². The summed E-state index contributed by atoms with van der Waals surface area (Å²) in [6.07, 6.45) is 1.07. The fourth-order valence-corrected chi connectivity index (χ4v) is 1.40. The van der Waals surface area contributed by atoms with Crippen molar-refractivity contribution in [2.24, 2.45) is 0 Å². The molecule has 4 nitrogen and oxygen atoms in total. The van der Waals surface area contributed by atoms with Gasteiger partial charge in [-0.2, -0.15) is 12.6 Å². The van der Waals surface area contributed by atoms with Crippen LogP contribution in [0.2, 0.25) is 5.15 Å². The van der Waals surface area contributed by atoms with Crippen LogP contribution >= 0.6 is 24.2 Å². The normalized spacial score (nSPS) is 19.4. The summed E-state index contributed by atoms with van der Waals surface area (Å²) in [5.41, 5.74) is 0.319. The van der Waals surface area contributed by atoms with Crippen LogP contribution in [-0.4, -0.2) is 28.5 Å². The molecule has 2 heterocycles. The molecule has 74 valence electrons. The SMILES string of the molecule is O=C(c1cnc(CS)nc1Cl)C1CO1. The number of carbonyl (C=O) groups excluding carboxylic acids is 1. The van der Waals surface area contributed by atoms with Gasteiger partial charge in [-0.15, -0.1) is 0 Å². The van der Waals surface area contributed by atoms with Crippen molar-refractivity contribution in [2.75, 3.05) is 6.61 Å². The summed E-state index contributed by atoms with van der Waals surface area (Å²) in [6, 6.07) is 0. The van der Waals surface area contributed by atoms with E-state index in [-0.39, 0.29) is 17.0 Å². The Hall–Kier alpha value is -0.650. The summed E-state index contributed by atoms with van der Waals surface area (Å²) in [5, 5.41) is 0.171. The predicted octanol–water partition coefficient (Wildman–Crippen LogP) is 1.14. The Kier molecular flexibility index (Phi) is 2.71. The predicted molar refractivity (Wildman–Crippen MR) is 53.8 cm³/mol. The number of Topliss-reactive ketones (excluding diaryl/α,β-unsaturated/α-hetero) is 1. The Bertz CT molecular complexity index is 382. The second-order valence-corrected chi connectivity index (χ2v) is 3.51. The van der Waals surface area contributed by atoms with Crippen molar-refractivity contribution in [1.29, 1.82) is 0 Å². The van der Waals surface area contributed by atoms with Crippen LogP contribution in [0.1, 0.15) is 16.2 Å². The number of rotatable bonds is 3. The molecule has 1 saturated heterocycles. The molecule has 0 bridgehead atoms. The van der Waals surface area contributed by atoms with Crippen LogP contribution in [0.3, 0.4) is 0 Å². The summed E-state index contributed by atoms with van der Waals surface area (Å²) >= 11 is 9.82. The van der Waals surface area contributed by atoms with Crippen molar-refractivity contribution < 1.29 is 9.53 Å². The van der Waals surface area contributed by atoms with Crippen LogP contribution in [0.4, 0.5) is 0 Å². The summed E-state index contributed by atoms with van der Waals surface area (Å²) in [4.78, 5) is 19.4. The Morgan fingerprint density at radius 1 is 1.79 bits per heavy atom. The van der Waals surface area contributed by atoms with Crippen molar-refractivity contribution in [1.82, 2.24) is 9.97 Å². The van der Waals surface area contributed by atoms with Crippen LogP contribution < -0.4 is 0 Å². The molecule has 1 aliphatic heterocycles. The number of thiol groups is 1. The zero-order valence-electron chi connectivity index (χ0n) is 7.11. The number of epoxide rings is 1. The lowest BCUT2D eigenvalue weighted by atomic mass is 10.2. The van der Waals surface area contributed by atoms with Gasteiger partial charge in [0.1, 0.15) is 17.1 Å². The van der Waals surface area contributed by atoms with E-state index in [1.807, 2.05) is 0 Å². The van der Waals surface area contributed by atoms with Gasteiger partial charge in [-0.1, -0.05) is 11.6 Å². The molecule has 14 heavy (non-hydrogen) atoms. The minimum atomic E-state index is -0.349. The minimum absolute atomic E-state index is 0.152. The lowest BCUT2D eigenvalue weighted by Gasteiger charge is -2.01. The topological polar surface area (TPSA) is 55.4 Å². The molecule has 1 unspecified atom stereocenters. The van der Waals surface area contributed by atoms with Gasteiger partial charge < -0.3 is 4.74 Å². The maximum atomic E-state index is 11.5. The summed E-state index contributed by atoms with van der Waals surface area (Å²) in [7, 11) is 0. The third-order valence-electron chi connectivity index (χ3n) is 1.82. The highest BCUT2D eigenvalue weighted by molar-refractivity contribution is 7.79. The van der Waals surface area contributed by atoms with Crippen LogP contribution in [0.5, 0.6) is 0 Å². The van der Waals surface area contributed by atoms with Gasteiger partial charge >= 0.3 is 0 Å². The summed E-state index contributed by atoms with van der Waals surface area (Å²) < 4.78 is 4.86. The fraction of sp³-hybridized carbons (Fsp3) is 0.375. The van der Waals surface area contributed by atoms with E-state index in [4.69, 9.17) is 16.3 Å². The Morgan fingerprint density at radius 3 is 3.00 bits per heavy atom. The van der Waals surface area contributed by atoms with Gasteiger partial charge in [-0.05, 0) is 0 Å².